The minimum atomic E-state index is 0.780. The van der Waals surface area contributed by atoms with Crippen LogP contribution in [-0.2, 0) is 19.5 Å². The van der Waals surface area contributed by atoms with Gasteiger partial charge in [-0.1, -0.05) is 6.92 Å². The molecule has 3 nitrogen and oxygen atoms in total. The molecule has 4 rings (SSSR count). The summed E-state index contributed by atoms with van der Waals surface area (Å²) in [6.45, 7) is 5.77. The third-order valence-corrected chi connectivity index (χ3v) is 4.86. The lowest BCUT2D eigenvalue weighted by Crippen LogP contribution is -2.26. The molecular weight excluding hydrogens is 222 g/mol. The SMILES string of the molecule is CC(Cn1c(C2CC2)nc2c1CCNC2)C1CC1. The largest absolute Gasteiger partial charge is 0.331 e. The maximum atomic E-state index is 4.95. The number of imidazole rings is 1. The summed E-state index contributed by atoms with van der Waals surface area (Å²) < 4.78 is 2.61. The van der Waals surface area contributed by atoms with E-state index in [1.807, 2.05) is 0 Å². The van der Waals surface area contributed by atoms with Crippen LogP contribution in [0.1, 0.15) is 55.7 Å². The van der Waals surface area contributed by atoms with E-state index in [1.54, 1.807) is 5.69 Å². The summed E-state index contributed by atoms with van der Waals surface area (Å²) in [5.74, 6) is 4.03. The van der Waals surface area contributed by atoms with Gasteiger partial charge in [0.05, 0.1) is 5.69 Å². The van der Waals surface area contributed by atoms with Gasteiger partial charge in [0.25, 0.3) is 0 Å². The second-order valence-corrected chi connectivity index (χ2v) is 6.49. The summed E-state index contributed by atoms with van der Waals surface area (Å²) in [5.41, 5.74) is 2.88. The second-order valence-electron chi connectivity index (χ2n) is 6.49. The van der Waals surface area contributed by atoms with E-state index in [4.69, 9.17) is 4.98 Å². The first-order valence-corrected chi connectivity index (χ1v) is 7.62. The lowest BCUT2D eigenvalue weighted by atomic mass is 10.1. The molecule has 1 aromatic heterocycles. The Hall–Kier alpha value is -0.830. The van der Waals surface area contributed by atoms with E-state index in [1.165, 1.54) is 50.2 Å². The lowest BCUT2D eigenvalue weighted by molar-refractivity contribution is 0.411. The standard InChI is InChI=1S/C15H23N3/c1-10(11-2-3-11)9-18-14-6-7-16-8-13(14)17-15(18)12-4-5-12/h10-12,16H,2-9H2,1H3. The summed E-state index contributed by atoms with van der Waals surface area (Å²) in [6.07, 6.45) is 6.81. The smallest absolute Gasteiger partial charge is 0.112 e. The van der Waals surface area contributed by atoms with Gasteiger partial charge in [-0.25, -0.2) is 4.98 Å². The molecule has 2 aliphatic carbocycles. The maximum Gasteiger partial charge on any atom is 0.112 e. The van der Waals surface area contributed by atoms with Crippen LogP contribution in [0.5, 0.6) is 0 Å². The van der Waals surface area contributed by atoms with Crippen molar-refractivity contribution >= 4 is 0 Å². The van der Waals surface area contributed by atoms with Crippen molar-refractivity contribution in [1.29, 1.82) is 0 Å². The van der Waals surface area contributed by atoms with Gasteiger partial charge in [-0.3, -0.25) is 0 Å². The van der Waals surface area contributed by atoms with Crippen molar-refractivity contribution in [3.63, 3.8) is 0 Å². The molecular formula is C15H23N3. The molecule has 0 saturated heterocycles. The number of nitrogens with zero attached hydrogens (tertiary/aromatic N) is 2. The van der Waals surface area contributed by atoms with Crippen molar-refractivity contribution < 1.29 is 0 Å². The van der Waals surface area contributed by atoms with E-state index < -0.39 is 0 Å². The van der Waals surface area contributed by atoms with Crippen LogP contribution >= 0.6 is 0 Å². The number of hydrogen-bond acceptors (Lipinski definition) is 2. The van der Waals surface area contributed by atoms with Crippen LogP contribution in [0.4, 0.5) is 0 Å². The fraction of sp³-hybridized carbons (Fsp3) is 0.800. The first kappa shape index (κ1) is 11.0. The predicted octanol–water partition coefficient (Wildman–Crippen LogP) is 2.45. The van der Waals surface area contributed by atoms with Crippen LogP contribution in [-0.4, -0.2) is 16.1 Å². The van der Waals surface area contributed by atoms with Crippen LogP contribution in [0.3, 0.4) is 0 Å². The van der Waals surface area contributed by atoms with Crippen molar-refractivity contribution in [2.45, 2.75) is 58.0 Å². The molecule has 1 aromatic rings. The molecule has 0 spiro atoms. The van der Waals surface area contributed by atoms with Crippen LogP contribution in [0.2, 0.25) is 0 Å². The van der Waals surface area contributed by atoms with E-state index in [-0.39, 0.29) is 0 Å². The minimum absolute atomic E-state index is 0.780. The maximum absolute atomic E-state index is 4.95. The van der Waals surface area contributed by atoms with Crippen LogP contribution in [0.15, 0.2) is 0 Å². The molecule has 3 aliphatic rings. The molecule has 0 bridgehead atoms. The van der Waals surface area contributed by atoms with Crippen LogP contribution < -0.4 is 5.32 Å². The third-order valence-electron chi connectivity index (χ3n) is 4.86. The van der Waals surface area contributed by atoms with Crippen LogP contribution in [0, 0.1) is 11.8 Å². The first-order chi connectivity index (χ1) is 8.83. The molecule has 0 amide bonds. The van der Waals surface area contributed by atoms with Gasteiger partial charge >= 0.3 is 0 Å². The van der Waals surface area contributed by atoms with Gasteiger partial charge in [0.2, 0.25) is 0 Å². The molecule has 1 atom stereocenters. The average molecular weight is 245 g/mol. The Balaban J connectivity index is 1.66. The average Bonchev–Trinajstić information content (AvgIpc) is 3.26. The van der Waals surface area contributed by atoms with E-state index in [0.717, 1.165) is 30.8 Å². The Bertz CT molecular complexity index is 455. The molecule has 1 unspecified atom stereocenters. The summed E-state index contributed by atoms with van der Waals surface area (Å²) >= 11 is 0. The monoisotopic (exact) mass is 245 g/mol. The molecule has 2 fully saturated rings. The lowest BCUT2D eigenvalue weighted by Gasteiger charge is -2.19. The molecule has 1 aliphatic heterocycles. The highest BCUT2D eigenvalue weighted by atomic mass is 15.1. The fourth-order valence-corrected chi connectivity index (χ4v) is 3.35. The Morgan fingerprint density at radius 3 is 2.89 bits per heavy atom. The molecule has 0 aromatic carbocycles. The molecule has 2 saturated carbocycles. The van der Waals surface area contributed by atoms with Crippen molar-refractivity contribution in [1.82, 2.24) is 14.9 Å². The molecule has 2 heterocycles. The fourth-order valence-electron chi connectivity index (χ4n) is 3.35. The summed E-state index contributed by atoms with van der Waals surface area (Å²) in [6, 6.07) is 0. The highest BCUT2D eigenvalue weighted by Gasteiger charge is 2.34. The number of rotatable bonds is 4. The Morgan fingerprint density at radius 2 is 2.17 bits per heavy atom. The van der Waals surface area contributed by atoms with Gasteiger partial charge in [0.1, 0.15) is 5.82 Å². The minimum Gasteiger partial charge on any atom is -0.331 e. The van der Waals surface area contributed by atoms with E-state index in [9.17, 15) is 0 Å². The Kier molecular flexibility index (Phi) is 2.51. The van der Waals surface area contributed by atoms with Gasteiger partial charge in [-0.05, 0) is 37.5 Å². The van der Waals surface area contributed by atoms with Crippen LogP contribution in [0.25, 0.3) is 0 Å². The highest BCUT2D eigenvalue weighted by molar-refractivity contribution is 5.24. The zero-order valence-corrected chi connectivity index (χ0v) is 11.3. The molecule has 1 N–H and O–H groups in total. The molecule has 3 heteroatoms. The topological polar surface area (TPSA) is 29.9 Å². The van der Waals surface area contributed by atoms with Gasteiger partial charge in [-0.2, -0.15) is 0 Å². The van der Waals surface area contributed by atoms with E-state index >= 15 is 0 Å². The Labute approximate surface area is 109 Å². The number of fused-ring (bicyclic) bond motifs is 1. The number of nitrogens with one attached hydrogen (secondary N) is 1. The van der Waals surface area contributed by atoms with Crippen molar-refractivity contribution in [3.8, 4) is 0 Å². The van der Waals surface area contributed by atoms with E-state index in [2.05, 4.69) is 16.8 Å². The van der Waals surface area contributed by atoms with Crippen molar-refractivity contribution in [3.05, 3.63) is 17.2 Å². The zero-order chi connectivity index (χ0) is 12.1. The summed E-state index contributed by atoms with van der Waals surface area (Å²) in [7, 11) is 0. The number of hydrogen-bond donors (Lipinski definition) is 1. The van der Waals surface area contributed by atoms with E-state index in [0.29, 0.717) is 0 Å². The van der Waals surface area contributed by atoms with Crippen molar-refractivity contribution in [2.24, 2.45) is 11.8 Å². The van der Waals surface area contributed by atoms with Gasteiger partial charge in [-0.15, -0.1) is 0 Å². The second kappa shape index (κ2) is 4.09. The normalized spacial score (nSPS) is 24.9. The first-order valence-electron chi connectivity index (χ1n) is 7.62. The Morgan fingerprint density at radius 1 is 1.33 bits per heavy atom. The van der Waals surface area contributed by atoms with Gasteiger partial charge in [0, 0.05) is 37.7 Å². The summed E-state index contributed by atoms with van der Waals surface area (Å²) in [5, 5.41) is 3.45. The predicted molar refractivity (Wildman–Crippen MR) is 71.5 cm³/mol. The van der Waals surface area contributed by atoms with Crippen molar-refractivity contribution in [2.75, 3.05) is 6.54 Å². The zero-order valence-electron chi connectivity index (χ0n) is 11.3. The number of aromatic nitrogens is 2. The third kappa shape index (κ3) is 1.89. The molecule has 98 valence electrons. The summed E-state index contributed by atoms with van der Waals surface area (Å²) in [4.78, 5) is 4.95. The molecule has 0 radical (unpaired) electrons. The highest BCUT2D eigenvalue weighted by Crippen LogP contribution is 2.42. The quantitative estimate of drug-likeness (QED) is 0.883. The van der Waals surface area contributed by atoms with Gasteiger partial charge < -0.3 is 9.88 Å². The van der Waals surface area contributed by atoms with Gasteiger partial charge in [0.15, 0.2) is 0 Å². The molecule has 18 heavy (non-hydrogen) atoms.